The molecule has 0 radical (unpaired) electrons. The zero-order valence-electron chi connectivity index (χ0n) is 11.3. The second-order valence-electron chi connectivity index (χ2n) is 4.88. The van der Waals surface area contributed by atoms with E-state index >= 15 is 0 Å². The van der Waals surface area contributed by atoms with Gasteiger partial charge in [0.25, 0.3) is 0 Å². The van der Waals surface area contributed by atoms with Gasteiger partial charge in [-0.1, -0.05) is 50.1 Å². The van der Waals surface area contributed by atoms with E-state index in [0.717, 1.165) is 25.8 Å². The lowest BCUT2D eigenvalue weighted by Crippen LogP contribution is -2.28. The van der Waals surface area contributed by atoms with Crippen LogP contribution in [-0.2, 0) is 4.79 Å². The molecule has 108 valence electrons. The van der Waals surface area contributed by atoms with Crippen LogP contribution in [0.15, 0.2) is 51.4 Å². The minimum atomic E-state index is 0.0219. The van der Waals surface area contributed by atoms with Gasteiger partial charge in [-0.2, -0.15) is 0 Å². The first-order valence-electron chi connectivity index (χ1n) is 6.52. The molecule has 1 atom stereocenters. The Hall–Kier alpha value is -0.780. The Kier molecular flexibility index (Phi) is 4.43. The van der Waals surface area contributed by atoms with Gasteiger partial charge in [-0.3, -0.25) is 9.69 Å². The zero-order valence-corrected chi connectivity index (χ0v) is 15.3. The molecule has 0 bridgehead atoms. The molecular weight excluding hydrogens is 414 g/mol. The van der Waals surface area contributed by atoms with Gasteiger partial charge in [-0.15, -0.1) is 11.8 Å². The van der Waals surface area contributed by atoms with Crippen molar-refractivity contribution in [1.82, 2.24) is 0 Å². The van der Waals surface area contributed by atoms with Crippen LogP contribution in [0.3, 0.4) is 0 Å². The third-order valence-corrected chi connectivity index (χ3v) is 6.26. The lowest BCUT2D eigenvalue weighted by atomic mass is 10.1. The third kappa shape index (κ3) is 2.91. The van der Waals surface area contributed by atoms with Gasteiger partial charge in [0, 0.05) is 14.6 Å². The van der Waals surface area contributed by atoms with Gasteiger partial charge in [0.05, 0.1) is 5.75 Å². The number of rotatable bonds is 2. The third-order valence-electron chi connectivity index (χ3n) is 3.46. The molecule has 1 aliphatic rings. The van der Waals surface area contributed by atoms with Crippen LogP contribution in [0.1, 0.15) is 16.5 Å². The van der Waals surface area contributed by atoms with E-state index in [2.05, 4.69) is 44.0 Å². The Labute approximate surface area is 145 Å². The Morgan fingerprint density at radius 2 is 1.90 bits per heavy atom. The summed E-state index contributed by atoms with van der Waals surface area (Å²) in [6.45, 7) is 2.04. The number of hydrogen-bond acceptors (Lipinski definition) is 2. The van der Waals surface area contributed by atoms with E-state index < -0.39 is 0 Å². The number of benzene rings is 2. The number of thioether (sulfide) groups is 1. The fourth-order valence-corrected chi connectivity index (χ4v) is 4.50. The maximum atomic E-state index is 12.3. The number of hydrogen-bond donors (Lipinski definition) is 0. The first kappa shape index (κ1) is 15.1. The Morgan fingerprint density at radius 3 is 2.62 bits per heavy atom. The highest BCUT2D eigenvalue weighted by atomic mass is 79.9. The molecule has 3 rings (SSSR count). The van der Waals surface area contributed by atoms with E-state index in [1.807, 2.05) is 42.2 Å². The number of aryl methyl sites for hydroxylation is 1. The van der Waals surface area contributed by atoms with Crippen molar-refractivity contribution in [3.8, 4) is 0 Å². The van der Waals surface area contributed by atoms with Crippen molar-refractivity contribution >= 4 is 55.2 Å². The number of amides is 1. The molecule has 0 unspecified atom stereocenters. The lowest BCUT2D eigenvalue weighted by molar-refractivity contribution is -0.115. The molecule has 2 aromatic carbocycles. The molecule has 0 aromatic heterocycles. The number of nitrogens with zero attached hydrogens (tertiary/aromatic N) is 1. The Bertz CT molecular complexity index is 704. The maximum Gasteiger partial charge on any atom is 0.238 e. The summed E-state index contributed by atoms with van der Waals surface area (Å²) in [4.78, 5) is 14.2. The van der Waals surface area contributed by atoms with Gasteiger partial charge in [0.15, 0.2) is 0 Å². The number of carbonyl (C=O) groups excluding carboxylic acids is 1. The van der Waals surface area contributed by atoms with Crippen molar-refractivity contribution in [2.45, 2.75) is 12.3 Å². The van der Waals surface area contributed by atoms with Crippen molar-refractivity contribution in [3.05, 3.63) is 62.5 Å². The average Bonchev–Trinajstić information content (AvgIpc) is 2.84. The molecule has 1 fully saturated rings. The smallest absolute Gasteiger partial charge is 0.238 e. The van der Waals surface area contributed by atoms with Crippen molar-refractivity contribution in [2.75, 3.05) is 10.7 Å². The van der Waals surface area contributed by atoms with Crippen molar-refractivity contribution < 1.29 is 4.79 Å². The first-order valence-corrected chi connectivity index (χ1v) is 9.15. The summed E-state index contributed by atoms with van der Waals surface area (Å²) in [5.74, 6) is 0.670. The lowest BCUT2D eigenvalue weighted by Gasteiger charge is -2.25. The minimum absolute atomic E-state index is 0.0219. The minimum Gasteiger partial charge on any atom is -0.295 e. The van der Waals surface area contributed by atoms with Crippen LogP contribution in [0, 0.1) is 6.92 Å². The van der Waals surface area contributed by atoms with Crippen LogP contribution in [0.2, 0.25) is 0 Å². The van der Waals surface area contributed by atoms with Gasteiger partial charge in [0.2, 0.25) is 5.91 Å². The molecule has 5 heteroatoms. The molecule has 21 heavy (non-hydrogen) atoms. The van der Waals surface area contributed by atoms with Crippen LogP contribution < -0.4 is 4.90 Å². The summed E-state index contributed by atoms with van der Waals surface area (Å²) in [6, 6.07) is 14.1. The molecule has 0 saturated carbocycles. The largest absolute Gasteiger partial charge is 0.295 e. The molecule has 1 saturated heterocycles. The van der Waals surface area contributed by atoms with Gasteiger partial charge in [-0.25, -0.2) is 0 Å². The second kappa shape index (κ2) is 6.15. The van der Waals surface area contributed by atoms with Crippen LogP contribution in [0.25, 0.3) is 0 Å². The van der Waals surface area contributed by atoms with E-state index in [-0.39, 0.29) is 11.3 Å². The Balaban J connectivity index is 2.04. The molecule has 1 amide bonds. The van der Waals surface area contributed by atoms with Crippen molar-refractivity contribution in [2.24, 2.45) is 0 Å². The van der Waals surface area contributed by atoms with Gasteiger partial charge in [-0.05, 0) is 42.3 Å². The molecule has 0 N–H and O–H groups in total. The summed E-state index contributed by atoms with van der Waals surface area (Å²) < 4.78 is 2.10. The molecule has 1 aliphatic heterocycles. The van der Waals surface area contributed by atoms with Crippen LogP contribution in [0.5, 0.6) is 0 Å². The summed E-state index contributed by atoms with van der Waals surface area (Å²) in [5, 5.41) is 0.0219. The topological polar surface area (TPSA) is 20.3 Å². The highest BCUT2D eigenvalue weighted by molar-refractivity contribution is 9.10. The van der Waals surface area contributed by atoms with E-state index in [1.165, 1.54) is 0 Å². The SMILES string of the molecule is Cc1cc(N2C(=O)CS[C@@H]2c2ccccc2Br)ccc1Br. The van der Waals surface area contributed by atoms with Gasteiger partial charge in [0.1, 0.15) is 5.37 Å². The number of carbonyl (C=O) groups is 1. The molecule has 1 heterocycles. The van der Waals surface area contributed by atoms with Crippen LogP contribution in [0.4, 0.5) is 5.69 Å². The molecule has 0 spiro atoms. The van der Waals surface area contributed by atoms with Crippen molar-refractivity contribution in [3.63, 3.8) is 0 Å². The predicted molar refractivity (Wildman–Crippen MR) is 95.7 cm³/mol. The maximum absolute atomic E-state index is 12.3. The van der Waals surface area contributed by atoms with E-state index in [0.29, 0.717) is 5.75 Å². The van der Waals surface area contributed by atoms with Crippen LogP contribution >= 0.6 is 43.6 Å². The fraction of sp³-hybridized carbons (Fsp3) is 0.188. The fourth-order valence-electron chi connectivity index (χ4n) is 2.39. The standard InChI is InChI=1S/C16H13Br2NOS/c1-10-8-11(6-7-13(10)17)19-15(20)9-21-16(19)12-4-2-3-5-14(12)18/h2-8,16H,9H2,1H3/t16-/m1/s1. The first-order chi connectivity index (χ1) is 10.1. The molecular formula is C16H13Br2NOS. The van der Waals surface area contributed by atoms with Gasteiger partial charge < -0.3 is 0 Å². The summed E-state index contributed by atoms with van der Waals surface area (Å²) in [7, 11) is 0. The monoisotopic (exact) mass is 425 g/mol. The average molecular weight is 427 g/mol. The predicted octanol–water partition coefficient (Wildman–Crippen LogP) is 5.30. The highest BCUT2D eigenvalue weighted by Gasteiger charge is 2.35. The van der Waals surface area contributed by atoms with E-state index in [4.69, 9.17) is 0 Å². The quantitative estimate of drug-likeness (QED) is 0.649. The van der Waals surface area contributed by atoms with E-state index in [9.17, 15) is 4.79 Å². The van der Waals surface area contributed by atoms with Crippen LogP contribution in [-0.4, -0.2) is 11.7 Å². The second-order valence-corrected chi connectivity index (χ2v) is 7.66. The summed E-state index contributed by atoms with van der Waals surface area (Å²) in [6.07, 6.45) is 0. The Morgan fingerprint density at radius 1 is 1.14 bits per heavy atom. The van der Waals surface area contributed by atoms with E-state index in [1.54, 1.807) is 11.8 Å². The normalized spacial score (nSPS) is 18.3. The zero-order chi connectivity index (χ0) is 15.0. The van der Waals surface area contributed by atoms with Crippen molar-refractivity contribution in [1.29, 1.82) is 0 Å². The summed E-state index contributed by atoms with van der Waals surface area (Å²) in [5.41, 5.74) is 3.21. The number of anilines is 1. The number of halogens is 2. The molecule has 2 aromatic rings. The molecule has 2 nitrogen and oxygen atoms in total. The molecule has 0 aliphatic carbocycles. The highest BCUT2D eigenvalue weighted by Crippen LogP contribution is 2.44. The van der Waals surface area contributed by atoms with Gasteiger partial charge >= 0.3 is 0 Å². The summed E-state index contributed by atoms with van der Waals surface area (Å²) >= 11 is 8.77.